The molecule has 3 rings (SSSR count). The monoisotopic (exact) mass is 492 g/mol. The van der Waals surface area contributed by atoms with Crippen molar-refractivity contribution in [1.29, 1.82) is 0 Å². The molecule has 0 radical (unpaired) electrons. The highest BCUT2D eigenvalue weighted by Gasteiger charge is 2.33. The molecule has 0 saturated carbocycles. The van der Waals surface area contributed by atoms with Crippen LogP contribution in [-0.2, 0) is 0 Å². The van der Waals surface area contributed by atoms with Crippen LogP contribution in [0.3, 0.4) is 0 Å². The Labute approximate surface area is 215 Å². The van der Waals surface area contributed by atoms with Gasteiger partial charge in [-0.25, -0.2) is 0 Å². The Bertz CT molecular complexity index is 1190. The molecule has 0 fully saturated rings. The number of carbonyl (C=O) groups is 1. The second kappa shape index (κ2) is 12.3. The predicted octanol–water partition coefficient (Wildman–Crippen LogP) is 7.59. The van der Waals surface area contributed by atoms with Crippen molar-refractivity contribution < 1.29 is 20.1 Å². The number of hydrogen-bond donors (Lipinski definition) is 3. The van der Waals surface area contributed by atoms with E-state index >= 15 is 0 Å². The molecule has 0 aromatic heterocycles. The summed E-state index contributed by atoms with van der Waals surface area (Å²) in [4.78, 5) is 16.7. The first-order valence-electron chi connectivity index (χ1n) is 12.0. The summed E-state index contributed by atoms with van der Waals surface area (Å²) < 4.78 is 0. The number of anilines is 3. The van der Waals surface area contributed by atoms with Gasteiger partial charge in [-0.1, -0.05) is 48.4 Å². The Hall–Kier alpha value is -3.67. The minimum absolute atomic E-state index is 0. The van der Waals surface area contributed by atoms with E-state index in [-0.39, 0.29) is 37.1 Å². The van der Waals surface area contributed by atoms with Crippen molar-refractivity contribution in [3.05, 3.63) is 70.8 Å². The van der Waals surface area contributed by atoms with Gasteiger partial charge in [-0.05, 0) is 65.5 Å². The smallest absolute Gasteiger partial charge is 0.260 e. The molecule has 0 spiro atoms. The van der Waals surface area contributed by atoms with E-state index in [1.54, 1.807) is 24.1 Å². The van der Waals surface area contributed by atoms with Crippen LogP contribution in [0, 0.1) is 0 Å². The number of rotatable bonds is 8. The summed E-state index contributed by atoms with van der Waals surface area (Å²) in [6.07, 6.45) is 10.4. The van der Waals surface area contributed by atoms with E-state index in [9.17, 15) is 20.1 Å². The minimum atomic E-state index is -0.314. The average molecular weight is 493 g/mol. The van der Waals surface area contributed by atoms with Crippen LogP contribution in [0.1, 0.15) is 71.2 Å². The fourth-order valence-corrected chi connectivity index (χ4v) is 4.33. The number of fused-ring (bicyclic) bond motifs is 2. The molecule has 2 aromatic carbocycles. The van der Waals surface area contributed by atoms with Gasteiger partial charge in [0, 0.05) is 25.7 Å². The fraction of sp³-hybridized carbons (Fsp3) is 0.367. The van der Waals surface area contributed by atoms with Crippen LogP contribution in [-0.4, -0.2) is 34.8 Å². The van der Waals surface area contributed by atoms with Gasteiger partial charge in [0.25, 0.3) is 5.91 Å². The lowest BCUT2D eigenvalue weighted by Crippen LogP contribution is -2.30. The number of carbonyl (C=O) groups excluding carboxylic acids is 1. The van der Waals surface area contributed by atoms with Gasteiger partial charge in [-0.2, -0.15) is 0 Å². The number of aromatic hydroxyl groups is 3. The number of benzene rings is 2. The van der Waals surface area contributed by atoms with E-state index in [4.69, 9.17) is 0 Å². The third-order valence-corrected chi connectivity index (χ3v) is 6.25. The van der Waals surface area contributed by atoms with Gasteiger partial charge < -0.3 is 25.1 Å². The summed E-state index contributed by atoms with van der Waals surface area (Å²) in [5.74, 6) is -0.689. The molecule has 2 aromatic rings. The van der Waals surface area contributed by atoms with Gasteiger partial charge in [-0.3, -0.25) is 4.79 Å². The lowest BCUT2D eigenvalue weighted by molar-refractivity contribution is 0.0990. The maximum absolute atomic E-state index is 13.6. The molecular weight excluding hydrogens is 452 g/mol. The largest absolute Gasteiger partial charge is 0.508 e. The van der Waals surface area contributed by atoms with Crippen molar-refractivity contribution in [2.24, 2.45) is 0 Å². The molecular formula is C30H40N2O4. The van der Waals surface area contributed by atoms with Gasteiger partial charge in [0.2, 0.25) is 0 Å². The lowest BCUT2D eigenvalue weighted by Gasteiger charge is -2.25. The number of allylic oxidation sites excluding steroid dienone is 5. The molecule has 0 saturated heterocycles. The zero-order valence-corrected chi connectivity index (χ0v) is 21.3. The summed E-state index contributed by atoms with van der Waals surface area (Å²) in [5.41, 5.74) is 5.22. The van der Waals surface area contributed by atoms with Crippen LogP contribution < -0.4 is 9.80 Å². The molecule has 6 nitrogen and oxygen atoms in total. The van der Waals surface area contributed by atoms with Crippen LogP contribution in [0.15, 0.2) is 65.3 Å². The predicted molar refractivity (Wildman–Crippen MR) is 150 cm³/mol. The maximum Gasteiger partial charge on any atom is 0.260 e. The highest BCUT2D eigenvalue weighted by Crippen LogP contribution is 2.49. The maximum atomic E-state index is 13.6. The van der Waals surface area contributed by atoms with E-state index in [1.165, 1.54) is 34.2 Å². The van der Waals surface area contributed by atoms with Crippen molar-refractivity contribution >= 4 is 23.0 Å². The number of nitrogens with zero attached hydrogens (tertiary/aromatic N) is 2. The van der Waals surface area contributed by atoms with Crippen molar-refractivity contribution in [3.8, 4) is 17.2 Å². The van der Waals surface area contributed by atoms with E-state index in [2.05, 4.69) is 32.9 Å². The molecule has 194 valence electrons. The molecule has 3 N–H and O–H groups in total. The lowest BCUT2D eigenvalue weighted by atomic mass is 10.1. The molecule has 1 aliphatic rings. The second-order valence-electron chi connectivity index (χ2n) is 9.44. The number of para-hydroxylation sites is 1. The number of amides is 1. The number of phenolic OH excluding ortho intramolecular Hbond substituents is 3. The van der Waals surface area contributed by atoms with E-state index in [1.807, 2.05) is 13.0 Å². The molecule has 36 heavy (non-hydrogen) atoms. The normalized spacial score (nSPS) is 13.5. The Morgan fingerprint density at radius 1 is 0.861 bits per heavy atom. The van der Waals surface area contributed by atoms with Crippen LogP contribution >= 0.6 is 0 Å². The quantitative estimate of drug-likeness (QED) is 0.331. The summed E-state index contributed by atoms with van der Waals surface area (Å²) >= 11 is 0. The Balaban J connectivity index is 0.00000456. The fourth-order valence-electron chi connectivity index (χ4n) is 4.33. The van der Waals surface area contributed by atoms with Crippen LogP contribution in [0.25, 0.3) is 0 Å². The van der Waals surface area contributed by atoms with Gasteiger partial charge in [-0.15, -0.1) is 0 Å². The molecule has 1 aliphatic heterocycles. The first-order valence-corrected chi connectivity index (χ1v) is 12.0. The van der Waals surface area contributed by atoms with E-state index in [0.29, 0.717) is 22.6 Å². The first kappa shape index (κ1) is 28.6. The van der Waals surface area contributed by atoms with Gasteiger partial charge in [0.05, 0.1) is 16.9 Å². The highest BCUT2D eigenvalue weighted by atomic mass is 16.3. The molecule has 1 heterocycles. The van der Waals surface area contributed by atoms with Gasteiger partial charge in [0.1, 0.15) is 22.9 Å². The summed E-state index contributed by atoms with van der Waals surface area (Å²) in [7, 11) is 1.68. The Morgan fingerprint density at radius 2 is 1.50 bits per heavy atom. The van der Waals surface area contributed by atoms with Crippen LogP contribution in [0.4, 0.5) is 17.1 Å². The van der Waals surface area contributed by atoms with Crippen molar-refractivity contribution in [3.63, 3.8) is 0 Å². The number of phenols is 3. The highest BCUT2D eigenvalue weighted by molar-refractivity contribution is 6.15. The minimum Gasteiger partial charge on any atom is -0.508 e. The van der Waals surface area contributed by atoms with Gasteiger partial charge in [0.15, 0.2) is 0 Å². The standard InChI is InChI=1S/C29H36N2O4.CH4/c1-19(2)9-6-10-20(3)11-7-12-21(4)15-16-31-24-17-22(32)18-26(34)28(24)30(5)27-23(29(31)35)13-8-14-25(27)33;/h8-9,11,13-15,17-18,32-34H,6-7,10,12,16H2,1-5H3;1H4/b20-11+,21-15+;. The molecule has 0 aliphatic carbocycles. The molecule has 0 bridgehead atoms. The Kier molecular flexibility index (Phi) is 9.79. The molecule has 0 atom stereocenters. The van der Waals surface area contributed by atoms with Crippen LogP contribution in [0.2, 0.25) is 0 Å². The van der Waals surface area contributed by atoms with Crippen LogP contribution in [0.5, 0.6) is 17.2 Å². The third-order valence-electron chi connectivity index (χ3n) is 6.25. The van der Waals surface area contributed by atoms with Gasteiger partial charge >= 0.3 is 0 Å². The zero-order chi connectivity index (χ0) is 25.7. The summed E-state index contributed by atoms with van der Waals surface area (Å²) in [6.45, 7) is 8.70. The second-order valence-corrected chi connectivity index (χ2v) is 9.44. The molecule has 6 heteroatoms. The SMILES string of the molecule is C.CC(C)=CCC/C(C)=C/CC/C(C)=C/CN1C(=O)c2cccc(O)c2N(C)c2c(O)cc(O)cc21. The summed E-state index contributed by atoms with van der Waals surface area (Å²) in [6, 6.07) is 7.49. The average Bonchev–Trinajstić information content (AvgIpc) is 2.86. The van der Waals surface area contributed by atoms with E-state index in [0.717, 1.165) is 31.3 Å². The number of hydrogen-bond acceptors (Lipinski definition) is 5. The third kappa shape index (κ3) is 6.51. The molecule has 0 unspecified atom stereocenters. The van der Waals surface area contributed by atoms with Crippen molar-refractivity contribution in [2.75, 3.05) is 23.4 Å². The topological polar surface area (TPSA) is 84.2 Å². The van der Waals surface area contributed by atoms with Crippen molar-refractivity contribution in [2.45, 2.75) is 60.8 Å². The van der Waals surface area contributed by atoms with E-state index < -0.39 is 0 Å². The summed E-state index contributed by atoms with van der Waals surface area (Å²) in [5, 5.41) is 31.3. The first-order chi connectivity index (χ1) is 16.6. The molecule has 1 amide bonds. The zero-order valence-electron chi connectivity index (χ0n) is 21.3. The van der Waals surface area contributed by atoms with Crippen molar-refractivity contribution in [1.82, 2.24) is 0 Å². The Morgan fingerprint density at radius 3 is 2.17 bits per heavy atom.